The van der Waals surface area contributed by atoms with E-state index < -0.39 is 0 Å². The highest BCUT2D eigenvalue weighted by Gasteiger charge is 1.94. The molecule has 0 amide bonds. The molecule has 50 valence electrons. The van der Waals surface area contributed by atoms with Crippen LogP contribution in [-0.4, -0.2) is 14.2 Å². The zero-order valence-electron chi connectivity index (χ0n) is 5.14. The highest BCUT2D eigenvalue weighted by Crippen LogP contribution is 2.04. The number of hydrogen-bond acceptors (Lipinski definition) is 3. The Hall–Kier alpha value is -1.16. The first kappa shape index (κ1) is 5.61. The molecule has 0 aliphatic rings. The van der Waals surface area contributed by atoms with Crippen molar-refractivity contribution in [2.75, 3.05) is 0 Å². The number of rotatable bonds is 1. The lowest BCUT2D eigenvalue weighted by atomic mass is 10.7. The van der Waals surface area contributed by atoms with E-state index in [-0.39, 0.29) is 0 Å². The van der Waals surface area contributed by atoms with E-state index in [1.54, 1.807) is 0 Å². The average molecular weight is 151 g/mol. The van der Waals surface area contributed by atoms with Gasteiger partial charge in [0.05, 0.1) is 5.38 Å². The summed E-state index contributed by atoms with van der Waals surface area (Å²) in [7, 11) is 0. The van der Waals surface area contributed by atoms with Crippen LogP contribution in [0.4, 0.5) is 0 Å². The van der Waals surface area contributed by atoms with Gasteiger partial charge in [-0.3, -0.25) is 0 Å². The number of hydrogen-bond donors (Lipinski definition) is 0. The lowest BCUT2D eigenvalue weighted by Gasteiger charge is -1.90. The number of aromatic nitrogens is 3. The third-order valence-electron chi connectivity index (χ3n) is 1.22. The molecule has 2 rings (SSSR count). The van der Waals surface area contributed by atoms with Crippen LogP contribution in [0.15, 0.2) is 29.9 Å². The standard InChI is InChI=1S/C6H5N3S/c1-2-4-9(3-1)6-5-10-8-7-6/h1-5H. The van der Waals surface area contributed by atoms with Gasteiger partial charge < -0.3 is 4.57 Å². The SMILES string of the molecule is c1ccn(-c2csnn2)c1. The van der Waals surface area contributed by atoms with Crippen LogP contribution < -0.4 is 0 Å². The maximum atomic E-state index is 3.89. The first-order chi connectivity index (χ1) is 4.97. The van der Waals surface area contributed by atoms with Crippen LogP contribution in [-0.2, 0) is 0 Å². The summed E-state index contributed by atoms with van der Waals surface area (Å²) in [5, 5.41) is 5.79. The molecule has 0 aromatic carbocycles. The van der Waals surface area contributed by atoms with Crippen LogP contribution in [0.3, 0.4) is 0 Å². The van der Waals surface area contributed by atoms with Gasteiger partial charge in [-0.1, -0.05) is 4.49 Å². The highest BCUT2D eigenvalue weighted by atomic mass is 32.1. The topological polar surface area (TPSA) is 30.7 Å². The van der Waals surface area contributed by atoms with Crippen LogP contribution in [0.25, 0.3) is 5.82 Å². The summed E-state index contributed by atoms with van der Waals surface area (Å²) in [6.45, 7) is 0. The van der Waals surface area contributed by atoms with Crippen molar-refractivity contribution < 1.29 is 0 Å². The molecular formula is C6H5N3S. The van der Waals surface area contributed by atoms with Crippen LogP contribution in [0.1, 0.15) is 0 Å². The Balaban J connectivity index is 2.48. The van der Waals surface area contributed by atoms with Gasteiger partial charge in [-0.25, -0.2) is 0 Å². The molecule has 0 atom stereocenters. The Morgan fingerprint density at radius 3 is 2.70 bits per heavy atom. The molecule has 0 N–H and O–H groups in total. The molecule has 3 nitrogen and oxygen atoms in total. The molecule has 0 saturated heterocycles. The largest absolute Gasteiger partial charge is 0.306 e. The highest BCUT2D eigenvalue weighted by molar-refractivity contribution is 7.03. The summed E-state index contributed by atoms with van der Waals surface area (Å²) in [5.41, 5.74) is 0. The summed E-state index contributed by atoms with van der Waals surface area (Å²) in [6.07, 6.45) is 3.88. The normalized spacial score (nSPS) is 10.0. The van der Waals surface area contributed by atoms with E-state index in [1.807, 2.05) is 34.5 Å². The zero-order chi connectivity index (χ0) is 6.81. The molecule has 0 spiro atoms. The van der Waals surface area contributed by atoms with Crippen LogP contribution >= 0.6 is 11.5 Å². The summed E-state index contributed by atoms with van der Waals surface area (Å²) in [6, 6.07) is 3.92. The predicted molar refractivity (Wildman–Crippen MR) is 39.2 cm³/mol. The average Bonchev–Trinajstić information content (AvgIpc) is 2.59. The number of nitrogens with zero attached hydrogens (tertiary/aromatic N) is 3. The van der Waals surface area contributed by atoms with Gasteiger partial charge in [0.2, 0.25) is 0 Å². The molecule has 2 aromatic rings. The predicted octanol–water partition coefficient (Wildman–Crippen LogP) is 1.33. The van der Waals surface area contributed by atoms with Crippen molar-refractivity contribution in [3.05, 3.63) is 29.9 Å². The van der Waals surface area contributed by atoms with E-state index in [4.69, 9.17) is 0 Å². The second-order valence-corrected chi connectivity index (χ2v) is 2.46. The summed E-state index contributed by atoms with van der Waals surface area (Å²) >= 11 is 1.36. The van der Waals surface area contributed by atoms with Crippen LogP contribution in [0, 0.1) is 0 Å². The van der Waals surface area contributed by atoms with E-state index in [0.29, 0.717) is 0 Å². The molecule has 2 aromatic heterocycles. The van der Waals surface area contributed by atoms with Gasteiger partial charge >= 0.3 is 0 Å². The minimum Gasteiger partial charge on any atom is -0.306 e. The first-order valence-electron chi connectivity index (χ1n) is 2.87. The molecular weight excluding hydrogens is 146 g/mol. The summed E-state index contributed by atoms with van der Waals surface area (Å²) in [4.78, 5) is 0. The van der Waals surface area contributed by atoms with Crippen molar-refractivity contribution in [2.45, 2.75) is 0 Å². The molecule has 4 heteroatoms. The summed E-state index contributed by atoms with van der Waals surface area (Å²) in [5.74, 6) is 0.884. The van der Waals surface area contributed by atoms with Crippen molar-refractivity contribution >= 4 is 11.5 Å². The fraction of sp³-hybridized carbons (Fsp3) is 0. The van der Waals surface area contributed by atoms with Gasteiger partial charge in [0.25, 0.3) is 0 Å². The van der Waals surface area contributed by atoms with Crippen molar-refractivity contribution in [3.63, 3.8) is 0 Å². The Morgan fingerprint density at radius 1 is 1.30 bits per heavy atom. The maximum absolute atomic E-state index is 3.89. The van der Waals surface area contributed by atoms with E-state index in [0.717, 1.165) is 5.82 Å². The Morgan fingerprint density at radius 2 is 2.10 bits per heavy atom. The molecule has 2 heterocycles. The second-order valence-electron chi connectivity index (χ2n) is 1.85. The van der Waals surface area contributed by atoms with Crippen LogP contribution in [0.5, 0.6) is 0 Å². The van der Waals surface area contributed by atoms with Gasteiger partial charge in [0.15, 0.2) is 5.82 Å². The van der Waals surface area contributed by atoms with Gasteiger partial charge in [0, 0.05) is 12.4 Å². The van der Waals surface area contributed by atoms with Gasteiger partial charge in [-0.2, -0.15) is 0 Å². The lowest BCUT2D eigenvalue weighted by molar-refractivity contribution is 0.977. The third-order valence-corrected chi connectivity index (χ3v) is 1.71. The second kappa shape index (κ2) is 2.22. The maximum Gasteiger partial charge on any atom is 0.171 e. The van der Waals surface area contributed by atoms with E-state index in [1.165, 1.54) is 11.5 Å². The van der Waals surface area contributed by atoms with E-state index in [9.17, 15) is 0 Å². The van der Waals surface area contributed by atoms with Crippen LogP contribution in [0.2, 0.25) is 0 Å². The molecule has 0 bridgehead atoms. The minimum absolute atomic E-state index is 0.884. The van der Waals surface area contributed by atoms with Gasteiger partial charge in [-0.05, 0) is 23.7 Å². The molecule has 0 aliphatic carbocycles. The van der Waals surface area contributed by atoms with Gasteiger partial charge in [0.1, 0.15) is 0 Å². The quantitative estimate of drug-likeness (QED) is 0.615. The van der Waals surface area contributed by atoms with E-state index in [2.05, 4.69) is 9.59 Å². The summed E-state index contributed by atoms with van der Waals surface area (Å²) < 4.78 is 5.67. The van der Waals surface area contributed by atoms with Crippen molar-refractivity contribution in [3.8, 4) is 5.82 Å². The fourth-order valence-electron chi connectivity index (χ4n) is 0.759. The fourth-order valence-corrected chi connectivity index (χ4v) is 1.20. The monoisotopic (exact) mass is 151 g/mol. The Kier molecular flexibility index (Phi) is 1.25. The zero-order valence-corrected chi connectivity index (χ0v) is 5.95. The van der Waals surface area contributed by atoms with E-state index >= 15 is 0 Å². The molecule has 0 unspecified atom stereocenters. The molecule has 0 radical (unpaired) electrons. The van der Waals surface area contributed by atoms with Crippen molar-refractivity contribution in [1.82, 2.24) is 14.2 Å². The van der Waals surface area contributed by atoms with Crippen molar-refractivity contribution in [2.24, 2.45) is 0 Å². The van der Waals surface area contributed by atoms with Crippen molar-refractivity contribution in [1.29, 1.82) is 0 Å². The molecule has 10 heavy (non-hydrogen) atoms. The third kappa shape index (κ3) is 0.823. The molecule has 0 fully saturated rings. The smallest absolute Gasteiger partial charge is 0.171 e. The Labute approximate surface area is 62.1 Å². The van der Waals surface area contributed by atoms with Gasteiger partial charge in [-0.15, -0.1) is 5.10 Å². The molecule has 0 aliphatic heterocycles. The lowest BCUT2D eigenvalue weighted by Crippen LogP contribution is -1.88. The minimum atomic E-state index is 0.884. The molecule has 0 saturated carbocycles. The Bertz CT molecular complexity index is 252. The first-order valence-corrected chi connectivity index (χ1v) is 3.71.